The molecular weight excluding hydrogens is 809 g/mol. The van der Waals surface area contributed by atoms with Gasteiger partial charge >= 0.3 is 0 Å². The second kappa shape index (κ2) is 15.6. The third-order valence-corrected chi connectivity index (χ3v) is 12.6. The van der Waals surface area contributed by atoms with Crippen molar-refractivity contribution in [1.29, 1.82) is 0 Å². The van der Waals surface area contributed by atoms with Crippen LogP contribution in [0.5, 0.6) is 0 Å². The SMILES string of the molecule is COS(=O)(=O)c1cc(Nc2ccc(C)cc2)c2c(c1N)C(=O)c1ccccc1C2=O.COS(=O)(=O)c1cc(Nc2cccc(C)c2)c2c(c1N)C(=O)c1ccccc1C2=O. The molecule has 6 aromatic carbocycles. The Morgan fingerprint density at radius 1 is 0.450 bits per heavy atom. The standard InChI is InChI=1S/2C22H18N2O5S/c1-12-6-5-7-13(10-12)24-16-11-17(30(27,28)29-2)20(23)19-18(16)21(25)14-8-3-4-9-15(14)22(19)26;1-12-7-9-13(10-8-12)24-16-11-17(30(27,28)29-2)20(23)19-18(16)21(25)14-5-3-4-6-15(14)22(19)26/h2*3-11,24H,23H2,1-2H3. The van der Waals surface area contributed by atoms with Crippen molar-refractivity contribution in [2.24, 2.45) is 0 Å². The van der Waals surface area contributed by atoms with Gasteiger partial charge in [-0.25, -0.2) is 0 Å². The molecule has 14 nitrogen and oxygen atoms in total. The van der Waals surface area contributed by atoms with Crippen molar-refractivity contribution in [3.8, 4) is 0 Å². The summed E-state index contributed by atoms with van der Waals surface area (Å²) in [6, 6.07) is 29.8. The number of carbonyl (C=O) groups excluding carboxylic acids is 4. The lowest BCUT2D eigenvalue weighted by Crippen LogP contribution is -2.25. The third kappa shape index (κ3) is 7.21. The quantitative estimate of drug-likeness (QED) is 0.0904. The highest BCUT2D eigenvalue weighted by molar-refractivity contribution is 7.87. The molecule has 0 radical (unpaired) electrons. The van der Waals surface area contributed by atoms with Crippen LogP contribution in [-0.4, -0.2) is 54.2 Å². The molecule has 0 atom stereocenters. The summed E-state index contributed by atoms with van der Waals surface area (Å²) in [5.74, 6) is -1.86. The first-order valence-electron chi connectivity index (χ1n) is 18.1. The number of nitrogen functional groups attached to an aromatic ring is 2. The number of hydrogen-bond donors (Lipinski definition) is 4. The number of rotatable bonds is 8. The molecule has 2 aliphatic rings. The van der Waals surface area contributed by atoms with E-state index in [1.54, 1.807) is 54.6 Å². The van der Waals surface area contributed by atoms with Gasteiger partial charge in [-0.1, -0.05) is 78.4 Å². The van der Waals surface area contributed by atoms with Crippen molar-refractivity contribution >= 4 is 77.5 Å². The molecule has 2 aliphatic carbocycles. The number of nitrogens with one attached hydrogen (secondary N) is 2. The maximum absolute atomic E-state index is 13.3. The van der Waals surface area contributed by atoms with Crippen LogP contribution in [0.25, 0.3) is 0 Å². The van der Waals surface area contributed by atoms with Gasteiger partial charge in [0, 0.05) is 33.6 Å². The molecule has 0 saturated carbocycles. The zero-order chi connectivity index (χ0) is 43.3. The molecule has 0 spiro atoms. The smallest absolute Gasteiger partial charge is 0.298 e. The monoisotopic (exact) mass is 844 g/mol. The lowest BCUT2D eigenvalue weighted by atomic mass is 9.82. The summed E-state index contributed by atoms with van der Waals surface area (Å²) in [7, 11) is -6.46. The van der Waals surface area contributed by atoms with Gasteiger partial charge in [-0.2, -0.15) is 16.8 Å². The fourth-order valence-corrected chi connectivity index (χ4v) is 8.67. The molecule has 0 fully saturated rings. The molecule has 60 heavy (non-hydrogen) atoms. The Morgan fingerprint density at radius 3 is 1.22 bits per heavy atom. The first-order valence-corrected chi connectivity index (χ1v) is 20.9. The Bertz CT molecular complexity index is 3050. The van der Waals surface area contributed by atoms with E-state index < -0.39 is 43.4 Å². The molecule has 0 heterocycles. The predicted molar refractivity (Wildman–Crippen MR) is 226 cm³/mol. The van der Waals surface area contributed by atoms with E-state index in [0.29, 0.717) is 11.4 Å². The van der Waals surface area contributed by atoms with Gasteiger partial charge in [0.05, 0.1) is 59.2 Å². The van der Waals surface area contributed by atoms with Crippen molar-refractivity contribution < 1.29 is 44.4 Å². The highest BCUT2D eigenvalue weighted by Crippen LogP contribution is 2.42. The van der Waals surface area contributed by atoms with Crippen LogP contribution < -0.4 is 22.1 Å². The number of ketones is 4. The van der Waals surface area contributed by atoms with E-state index in [2.05, 4.69) is 19.0 Å². The normalized spacial score (nSPS) is 13.0. The first-order chi connectivity index (χ1) is 28.5. The zero-order valence-corrected chi connectivity index (χ0v) is 34.1. The van der Waals surface area contributed by atoms with Gasteiger partial charge in [-0.3, -0.25) is 27.5 Å². The second-order valence-corrected chi connectivity index (χ2v) is 17.2. The molecule has 0 saturated heterocycles. The third-order valence-electron chi connectivity index (χ3n) is 10.0. The number of benzene rings is 6. The van der Waals surface area contributed by atoms with E-state index in [1.165, 1.54) is 24.3 Å². The Morgan fingerprint density at radius 2 is 0.833 bits per heavy atom. The van der Waals surface area contributed by atoms with Crippen molar-refractivity contribution in [2.75, 3.05) is 36.3 Å². The minimum atomic E-state index is -4.23. The summed E-state index contributed by atoms with van der Waals surface area (Å²) in [6.07, 6.45) is 0. The molecular formula is C44H36N4O10S2. The van der Waals surface area contributed by atoms with Crippen molar-refractivity contribution in [3.63, 3.8) is 0 Å². The largest absolute Gasteiger partial charge is 0.397 e. The van der Waals surface area contributed by atoms with Crippen LogP contribution in [0, 0.1) is 13.8 Å². The molecule has 0 unspecified atom stereocenters. The number of nitrogens with two attached hydrogens (primary N) is 2. The first kappa shape index (κ1) is 41.2. The molecule has 0 bridgehead atoms. The van der Waals surface area contributed by atoms with Crippen LogP contribution >= 0.6 is 0 Å². The number of aryl methyl sites for hydroxylation is 2. The fraction of sp³-hybridized carbons (Fsp3) is 0.0909. The Hall–Kier alpha value is -6.98. The van der Waals surface area contributed by atoms with Crippen molar-refractivity contribution in [1.82, 2.24) is 0 Å². The highest BCUT2D eigenvalue weighted by atomic mass is 32.2. The van der Waals surface area contributed by atoms with E-state index in [4.69, 9.17) is 11.5 Å². The average molecular weight is 845 g/mol. The number of fused-ring (bicyclic) bond motifs is 4. The molecule has 6 N–H and O–H groups in total. The van der Waals surface area contributed by atoms with Crippen LogP contribution in [0.1, 0.15) is 74.8 Å². The van der Waals surface area contributed by atoms with Crippen LogP contribution in [0.4, 0.5) is 34.1 Å². The second-order valence-electron chi connectivity index (χ2n) is 13.8. The number of hydrogen-bond acceptors (Lipinski definition) is 14. The van der Waals surface area contributed by atoms with Gasteiger partial charge in [0.25, 0.3) is 20.2 Å². The molecule has 0 amide bonds. The summed E-state index contributed by atoms with van der Waals surface area (Å²) in [6.45, 7) is 3.83. The van der Waals surface area contributed by atoms with Gasteiger partial charge in [-0.15, -0.1) is 0 Å². The molecule has 16 heteroatoms. The summed E-state index contributed by atoms with van der Waals surface area (Å²) in [5.41, 5.74) is 15.7. The topological polar surface area (TPSA) is 231 Å². The van der Waals surface area contributed by atoms with Crippen LogP contribution in [0.2, 0.25) is 0 Å². The highest BCUT2D eigenvalue weighted by Gasteiger charge is 2.38. The molecule has 304 valence electrons. The van der Waals surface area contributed by atoms with Crippen molar-refractivity contribution in [3.05, 3.63) is 165 Å². The summed E-state index contributed by atoms with van der Waals surface area (Å²) in [4.78, 5) is 52.2. The minimum Gasteiger partial charge on any atom is -0.397 e. The lowest BCUT2D eigenvalue weighted by Gasteiger charge is -2.24. The van der Waals surface area contributed by atoms with Gasteiger partial charge in [0.1, 0.15) is 9.79 Å². The summed E-state index contributed by atoms with van der Waals surface area (Å²) < 4.78 is 59.1. The maximum atomic E-state index is 13.3. The minimum absolute atomic E-state index is 0.0341. The lowest BCUT2D eigenvalue weighted by molar-refractivity contribution is 0.0980. The van der Waals surface area contributed by atoms with E-state index >= 15 is 0 Å². The number of carbonyl (C=O) groups is 4. The van der Waals surface area contributed by atoms with E-state index in [-0.39, 0.29) is 77.0 Å². The van der Waals surface area contributed by atoms with E-state index in [1.807, 2.05) is 44.2 Å². The Labute approximate surface area is 345 Å². The maximum Gasteiger partial charge on any atom is 0.298 e. The van der Waals surface area contributed by atoms with Crippen molar-refractivity contribution in [2.45, 2.75) is 23.6 Å². The Balaban J connectivity index is 0.000000181. The van der Waals surface area contributed by atoms with Crippen LogP contribution in [-0.2, 0) is 28.6 Å². The van der Waals surface area contributed by atoms with E-state index in [0.717, 1.165) is 25.3 Å². The van der Waals surface area contributed by atoms with E-state index in [9.17, 15) is 36.0 Å². The molecule has 8 rings (SSSR count). The zero-order valence-electron chi connectivity index (χ0n) is 32.4. The van der Waals surface area contributed by atoms with Crippen LogP contribution in [0.3, 0.4) is 0 Å². The summed E-state index contributed by atoms with van der Waals surface area (Å²) in [5, 5.41) is 6.13. The Kier molecular flexibility index (Phi) is 10.7. The number of anilines is 6. The molecule has 0 aliphatic heterocycles. The molecule has 0 aromatic heterocycles. The van der Waals surface area contributed by atoms with Gasteiger partial charge in [-0.05, 0) is 55.8 Å². The van der Waals surface area contributed by atoms with Crippen LogP contribution in [0.15, 0.2) is 119 Å². The predicted octanol–water partition coefficient (Wildman–Crippen LogP) is 6.86. The average Bonchev–Trinajstić information content (AvgIpc) is 3.23. The van der Waals surface area contributed by atoms with Gasteiger partial charge in [0.2, 0.25) is 0 Å². The van der Waals surface area contributed by atoms with Gasteiger partial charge < -0.3 is 22.1 Å². The summed E-state index contributed by atoms with van der Waals surface area (Å²) >= 11 is 0. The fourth-order valence-electron chi connectivity index (χ4n) is 7.05. The van der Waals surface area contributed by atoms with Gasteiger partial charge in [0.15, 0.2) is 23.1 Å². The molecule has 6 aromatic rings.